The Labute approximate surface area is 209 Å². The predicted molar refractivity (Wildman–Crippen MR) is 141 cm³/mol. The van der Waals surface area contributed by atoms with Crippen LogP contribution in [0.2, 0.25) is 0 Å². The molecule has 2 aromatic heterocycles. The van der Waals surface area contributed by atoms with Crippen LogP contribution >= 0.6 is 0 Å². The van der Waals surface area contributed by atoms with Crippen molar-refractivity contribution < 1.29 is 13.9 Å². The van der Waals surface area contributed by atoms with Crippen LogP contribution in [0.15, 0.2) is 53.5 Å². The van der Waals surface area contributed by atoms with Gasteiger partial charge in [-0.3, -0.25) is 9.59 Å². The molecule has 0 spiro atoms. The Morgan fingerprint density at radius 2 is 1.89 bits per heavy atom. The molecule has 0 fully saturated rings. The minimum atomic E-state index is -0.879. The number of nitrogens with zero attached hydrogens (tertiary/aromatic N) is 2. The van der Waals surface area contributed by atoms with Gasteiger partial charge in [-0.1, -0.05) is 19.1 Å². The summed E-state index contributed by atoms with van der Waals surface area (Å²) in [6.45, 7) is 9.43. The van der Waals surface area contributed by atoms with Crippen LogP contribution in [0.5, 0.6) is 5.75 Å². The first-order valence-electron chi connectivity index (χ1n) is 12.1. The zero-order valence-corrected chi connectivity index (χ0v) is 21.2. The number of para-hydroxylation sites is 1. The Balaban J connectivity index is 1.67. The third-order valence-electron chi connectivity index (χ3n) is 6.41. The van der Waals surface area contributed by atoms with E-state index >= 15 is 4.39 Å². The summed E-state index contributed by atoms with van der Waals surface area (Å²) in [7, 11) is 1.59. The number of anilines is 1. The molecular weight excluding hydrogens is 459 g/mol. The number of carbonyl (C=O) groups is 1. The average Bonchev–Trinajstić information content (AvgIpc) is 2.87. The first-order chi connectivity index (χ1) is 17.2. The Bertz CT molecular complexity index is 1500. The zero-order chi connectivity index (χ0) is 26.0. The molecule has 188 valence electrons. The molecule has 0 aliphatic carbocycles. The number of fused-ring (bicyclic) bond motifs is 2. The van der Waals surface area contributed by atoms with E-state index in [1.807, 2.05) is 19.9 Å². The Morgan fingerprint density at radius 1 is 1.14 bits per heavy atom. The highest BCUT2D eigenvalue weighted by Crippen LogP contribution is 2.31. The number of H-pyrrole nitrogens is 1. The summed E-state index contributed by atoms with van der Waals surface area (Å²) in [5.74, 6) is -0.0191. The normalized spacial score (nSPS) is 11.6. The summed E-state index contributed by atoms with van der Waals surface area (Å²) in [5.41, 5.74) is 0.411. The van der Waals surface area contributed by atoms with Crippen molar-refractivity contribution in [3.8, 4) is 5.75 Å². The van der Waals surface area contributed by atoms with Gasteiger partial charge in [0.15, 0.2) is 17.0 Å². The van der Waals surface area contributed by atoms with Crippen LogP contribution in [0, 0.1) is 5.82 Å². The number of benzene rings is 2. The molecule has 2 aromatic carbocycles. The quantitative estimate of drug-likeness (QED) is 0.335. The maximum absolute atomic E-state index is 15.0. The molecule has 0 saturated heterocycles. The van der Waals surface area contributed by atoms with Gasteiger partial charge in [0.1, 0.15) is 5.82 Å². The molecule has 36 heavy (non-hydrogen) atoms. The second kappa shape index (κ2) is 9.97. The van der Waals surface area contributed by atoms with Crippen molar-refractivity contribution in [2.24, 2.45) is 0 Å². The van der Waals surface area contributed by atoms with Crippen molar-refractivity contribution in [1.29, 1.82) is 0 Å². The molecule has 1 amide bonds. The van der Waals surface area contributed by atoms with E-state index in [0.717, 1.165) is 31.4 Å². The van der Waals surface area contributed by atoms with Gasteiger partial charge in [0.05, 0.1) is 23.7 Å². The number of hydrogen-bond donors (Lipinski definition) is 2. The van der Waals surface area contributed by atoms with Gasteiger partial charge in [0.2, 0.25) is 0 Å². The molecule has 0 bridgehead atoms. The summed E-state index contributed by atoms with van der Waals surface area (Å²) in [4.78, 5) is 35.9. The summed E-state index contributed by atoms with van der Waals surface area (Å²) >= 11 is 0. The number of hydrogen-bond acceptors (Lipinski definition) is 5. The van der Waals surface area contributed by atoms with Crippen molar-refractivity contribution >= 4 is 33.5 Å². The molecule has 2 N–H and O–H groups in total. The topological polar surface area (TPSA) is 87.3 Å². The maximum atomic E-state index is 15.0. The minimum Gasteiger partial charge on any atom is -0.493 e. The first-order valence-corrected chi connectivity index (χ1v) is 12.1. The fourth-order valence-electron chi connectivity index (χ4n) is 4.39. The smallest absolute Gasteiger partial charge is 0.255 e. The van der Waals surface area contributed by atoms with Crippen molar-refractivity contribution in [3.63, 3.8) is 0 Å². The van der Waals surface area contributed by atoms with E-state index in [9.17, 15) is 9.59 Å². The molecule has 4 rings (SSSR count). The maximum Gasteiger partial charge on any atom is 0.255 e. The van der Waals surface area contributed by atoms with Gasteiger partial charge in [-0.15, -0.1) is 0 Å². The van der Waals surface area contributed by atoms with Crippen LogP contribution in [0.1, 0.15) is 50.0 Å². The van der Waals surface area contributed by atoms with Gasteiger partial charge in [0.25, 0.3) is 5.91 Å². The summed E-state index contributed by atoms with van der Waals surface area (Å²) in [6, 6.07) is 11.4. The van der Waals surface area contributed by atoms with E-state index in [2.05, 4.69) is 34.0 Å². The second-order valence-corrected chi connectivity index (χ2v) is 9.29. The average molecular weight is 491 g/mol. The number of halogens is 1. The van der Waals surface area contributed by atoms with Crippen LogP contribution in [-0.2, 0) is 5.54 Å². The van der Waals surface area contributed by atoms with E-state index in [4.69, 9.17) is 4.74 Å². The molecule has 0 aliphatic heterocycles. The Morgan fingerprint density at radius 3 is 2.58 bits per heavy atom. The number of amides is 1. The molecule has 0 saturated carbocycles. The largest absolute Gasteiger partial charge is 0.493 e. The summed E-state index contributed by atoms with van der Waals surface area (Å²) < 4.78 is 20.7. The molecular formula is C28H31FN4O3. The first kappa shape index (κ1) is 25.2. The van der Waals surface area contributed by atoms with Crippen molar-refractivity contribution in [2.45, 2.75) is 39.7 Å². The van der Waals surface area contributed by atoms with E-state index in [-0.39, 0.29) is 16.4 Å². The van der Waals surface area contributed by atoms with Crippen LogP contribution in [0.25, 0.3) is 21.8 Å². The Kier molecular flexibility index (Phi) is 6.97. The van der Waals surface area contributed by atoms with Gasteiger partial charge < -0.3 is 19.9 Å². The lowest BCUT2D eigenvalue weighted by Crippen LogP contribution is -2.41. The third-order valence-corrected chi connectivity index (χ3v) is 6.41. The number of aromatic nitrogens is 2. The molecule has 7 nitrogen and oxygen atoms in total. The second-order valence-electron chi connectivity index (χ2n) is 9.29. The van der Waals surface area contributed by atoms with E-state index < -0.39 is 17.3 Å². The molecule has 4 aromatic rings. The van der Waals surface area contributed by atoms with Gasteiger partial charge in [-0.05, 0) is 63.1 Å². The zero-order valence-electron chi connectivity index (χ0n) is 21.2. The van der Waals surface area contributed by atoms with Crippen LogP contribution in [0.3, 0.4) is 0 Å². The minimum absolute atomic E-state index is 0.154. The van der Waals surface area contributed by atoms with E-state index in [1.165, 1.54) is 6.07 Å². The number of nitrogens with one attached hydrogen (secondary N) is 2. The lowest BCUT2D eigenvalue weighted by Gasteiger charge is -2.29. The highest BCUT2D eigenvalue weighted by atomic mass is 19.1. The fraction of sp³-hybridized carbons (Fsp3) is 0.321. The third kappa shape index (κ3) is 4.63. The molecule has 0 aliphatic rings. The monoisotopic (exact) mass is 490 g/mol. The lowest BCUT2D eigenvalue weighted by atomic mass is 9.94. The van der Waals surface area contributed by atoms with Crippen molar-refractivity contribution in [3.05, 3.63) is 75.8 Å². The van der Waals surface area contributed by atoms with E-state index in [0.29, 0.717) is 27.7 Å². The molecule has 8 heteroatoms. The van der Waals surface area contributed by atoms with Gasteiger partial charge in [-0.25, -0.2) is 9.37 Å². The fourth-order valence-corrected chi connectivity index (χ4v) is 4.39. The molecule has 0 atom stereocenters. The van der Waals surface area contributed by atoms with E-state index in [1.54, 1.807) is 37.6 Å². The summed E-state index contributed by atoms with van der Waals surface area (Å²) in [5, 5.41) is 3.56. The lowest BCUT2D eigenvalue weighted by molar-refractivity contribution is 0.0908. The standard InChI is InChI=1S/C28H31FN4O3/c1-6-12-33(7-2)26-24(36-5)13-17(16-30-26)28(3,4)32-27(35)19-15-23-20(14-21(19)29)25(34)18-10-8-9-11-22(18)31-23/h8-11,13-16H,6-7,12H2,1-5H3,(H,31,34)(H,32,35). The predicted octanol–water partition coefficient (Wildman–Crippen LogP) is 5.13. The summed E-state index contributed by atoms with van der Waals surface area (Å²) in [6.07, 6.45) is 2.68. The highest BCUT2D eigenvalue weighted by molar-refractivity contribution is 6.00. The number of rotatable bonds is 8. The van der Waals surface area contributed by atoms with Crippen LogP contribution in [-0.4, -0.2) is 36.1 Å². The molecule has 2 heterocycles. The number of aromatic amines is 1. The number of carbonyl (C=O) groups excluding carboxylic acids is 1. The van der Waals surface area contributed by atoms with Gasteiger partial charge in [-0.2, -0.15) is 0 Å². The molecule has 0 unspecified atom stereocenters. The van der Waals surface area contributed by atoms with Gasteiger partial charge in [0, 0.05) is 35.6 Å². The van der Waals surface area contributed by atoms with Crippen LogP contribution in [0.4, 0.5) is 10.2 Å². The number of methoxy groups -OCH3 is 1. The Hall–Kier alpha value is -3.94. The molecule has 0 radical (unpaired) electrons. The highest BCUT2D eigenvalue weighted by Gasteiger charge is 2.27. The van der Waals surface area contributed by atoms with Gasteiger partial charge >= 0.3 is 0 Å². The van der Waals surface area contributed by atoms with Crippen LogP contribution < -0.4 is 20.4 Å². The number of ether oxygens (including phenoxy) is 1. The number of pyridine rings is 2. The van der Waals surface area contributed by atoms with Crippen molar-refractivity contribution in [1.82, 2.24) is 15.3 Å². The SMILES string of the molecule is CCCN(CC)c1ncc(C(C)(C)NC(=O)c2cc3[nH]c4ccccc4c(=O)c3cc2F)cc1OC. The van der Waals surface area contributed by atoms with Crippen molar-refractivity contribution in [2.75, 3.05) is 25.1 Å².